The molecule has 1 atom stereocenters. The first-order valence-electron chi connectivity index (χ1n) is 7.90. The minimum Gasteiger partial charge on any atom is -0.465 e. The molecule has 1 amide bonds. The van der Waals surface area contributed by atoms with Crippen molar-refractivity contribution in [3.05, 3.63) is 5.89 Å². The van der Waals surface area contributed by atoms with Crippen molar-refractivity contribution in [2.24, 2.45) is 11.3 Å². The van der Waals surface area contributed by atoms with Crippen LogP contribution in [0.5, 0.6) is 0 Å². The third-order valence-electron chi connectivity index (χ3n) is 4.51. The molecule has 3 aliphatic heterocycles. The molecular weight excluding hydrogens is 284 g/mol. The van der Waals surface area contributed by atoms with Crippen LogP contribution in [0.25, 0.3) is 0 Å². The minimum absolute atomic E-state index is 0.161. The summed E-state index contributed by atoms with van der Waals surface area (Å²) >= 11 is 0. The van der Waals surface area contributed by atoms with Crippen molar-refractivity contribution in [1.82, 2.24) is 15.0 Å². The van der Waals surface area contributed by atoms with Gasteiger partial charge in [0.2, 0.25) is 5.89 Å². The van der Waals surface area contributed by atoms with Gasteiger partial charge in [-0.3, -0.25) is 0 Å². The number of anilines is 1. The molecule has 22 heavy (non-hydrogen) atoms. The van der Waals surface area contributed by atoms with Gasteiger partial charge in [-0.2, -0.15) is 4.98 Å². The molecule has 122 valence electrons. The van der Waals surface area contributed by atoms with Gasteiger partial charge in [-0.1, -0.05) is 20.8 Å². The summed E-state index contributed by atoms with van der Waals surface area (Å²) in [6, 6.07) is 0. The van der Waals surface area contributed by atoms with E-state index in [1.807, 2.05) is 20.8 Å². The van der Waals surface area contributed by atoms with Crippen LogP contribution in [0, 0.1) is 11.3 Å². The number of carbonyl (C=O) groups is 1. The maximum absolute atomic E-state index is 11.5. The maximum atomic E-state index is 11.5. The van der Waals surface area contributed by atoms with Crippen LogP contribution in [-0.4, -0.2) is 52.4 Å². The predicted molar refractivity (Wildman–Crippen MR) is 81.0 cm³/mol. The summed E-state index contributed by atoms with van der Waals surface area (Å²) in [4.78, 5) is 19.5. The summed E-state index contributed by atoms with van der Waals surface area (Å²) in [7, 11) is 0. The number of carboxylic acid groups (broad SMARTS) is 1. The van der Waals surface area contributed by atoms with E-state index in [-0.39, 0.29) is 17.3 Å². The molecule has 2 bridgehead atoms. The highest BCUT2D eigenvalue weighted by molar-refractivity contribution is 5.83. The molecule has 4 heterocycles. The largest absolute Gasteiger partial charge is 0.465 e. The number of piperidine rings is 3. The number of amides is 1. The molecule has 1 aromatic heterocycles. The lowest BCUT2D eigenvalue weighted by Crippen LogP contribution is -2.46. The minimum atomic E-state index is -1.05. The molecule has 1 aromatic rings. The van der Waals surface area contributed by atoms with Gasteiger partial charge in [0.05, 0.1) is 5.92 Å². The third kappa shape index (κ3) is 3.09. The smallest absolute Gasteiger partial charge is 0.414 e. The Labute approximate surface area is 130 Å². The van der Waals surface area contributed by atoms with Gasteiger partial charge in [0, 0.05) is 13.1 Å². The van der Waals surface area contributed by atoms with Gasteiger partial charge in [-0.25, -0.2) is 9.69 Å². The Morgan fingerprint density at radius 1 is 1.41 bits per heavy atom. The zero-order valence-electron chi connectivity index (χ0n) is 13.4. The molecule has 4 rings (SSSR count). The Hall–Kier alpha value is -1.63. The van der Waals surface area contributed by atoms with Gasteiger partial charge in [0.25, 0.3) is 5.95 Å². The standard InChI is InChI=1S/C15H24N4O3/c1-15(2,3)9-19(14(20)21)13-16-12(22-17-13)11-8-18-6-4-10(11)5-7-18/h10-11H,4-9H2,1-3H3,(H,20,21). The fourth-order valence-corrected chi connectivity index (χ4v) is 3.43. The van der Waals surface area contributed by atoms with Crippen LogP contribution in [0.1, 0.15) is 45.4 Å². The molecule has 7 heteroatoms. The quantitative estimate of drug-likeness (QED) is 0.923. The van der Waals surface area contributed by atoms with Crippen LogP contribution < -0.4 is 4.90 Å². The fourth-order valence-electron chi connectivity index (χ4n) is 3.43. The lowest BCUT2D eigenvalue weighted by Gasteiger charge is -2.43. The fraction of sp³-hybridized carbons (Fsp3) is 0.800. The molecule has 1 N–H and O–H groups in total. The van der Waals surface area contributed by atoms with Crippen molar-refractivity contribution in [1.29, 1.82) is 0 Å². The Balaban J connectivity index is 1.78. The van der Waals surface area contributed by atoms with Gasteiger partial charge in [-0.05, 0) is 42.4 Å². The molecule has 0 spiro atoms. The molecule has 3 aliphatic rings. The first kappa shape index (κ1) is 15.3. The normalized spacial score (nSPS) is 27.9. The van der Waals surface area contributed by atoms with Gasteiger partial charge in [0.1, 0.15) is 0 Å². The lowest BCUT2D eigenvalue weighted by molar-refractivity contribution is 0.0727. The third-order valence-corrected chi connectivity index (χ3v) is 4.51. The summed E-state index contributed by atoms with van der Waals surface area (Å²) < 4.78 is 5.41. The van der Waals surface area contributed by atoms with Gasteiger partial charge < -0.3 is 14.5 Å². The average molecular weight is 308 g/mol. The summed E-state index contributed by atoms with van der Waals surface area (Å²) in [6.07, 6.45) is 1.27. The van der Waals surface area contributed by atoms with Crippen LogP contribution in [0.2, 0.25) is 0 Å². The van der Waals surface area contributed by atoms with E-state index in [0.29, 0.717) is 18.4 Å². The average Bonchev–Trinajstić information content (AvgIpc) is 2.94. The molecule has 1 unspecified atom stereocenters. The molecule has 3 saturated heterocycles. The number of aromatic nitrogens is 2. The molecule has 0 radical (unpaired) electrons. The molecule has 7 nitrogen and oxygen atoms in total. The van der Waals surface area contributed by atoms with Crippen molar-refractivity contribution < 1.29 is 14.4 Å². The molecule has 0 aliphatic carbocycles. The van der Waals surface area contributed by atoms with Crippen LogP contribution in [0.4, 0.5) is 10.7 Å². The van der Waals surface area contributed by atoms with Crippen molar-refractivity contribution in [3.63, 3.8) is 0 Å². The second kappa shape index (κ2) is 5.53. The molecule has 3 fully saturated rings. The zero-order valence-corrected chi connectivity index (χ0v) is 13.4. The van der Waals surface area contributed by atoms with E-state index in [9.17, 15) is 9.90 Å². The Morgan fingerprint density at radius 3 is 2.59 bits per heavy atom. The maximum Gasteiger partial charge on any atom is 0.414 e. The summed E-state index contributed by atoms with van der Waals surface area (Å²) in [5.41, 5.74) is -0.172. The van der Waals surface area contributed by atoms with Crippen molar-refractivity contribution in [2.45, 2.75) is 39.5 Å². The van der Waals surface area contributed by atoms with Crippen LogP contribution >= 0.6 is 0 Å². The predicted octanol–water partition coefficient (Wildman–Crippen LogP) is 2.41. The first-order chi connectivity index (χ1) is 10.3. The van der Waals surface area contributed by atoms with E-state index in [2.05, 4.69) is 15.0 Å². The van der Waals surface area contributed by atoms with Gasteiger partial charge >= 0.3 is 6.09 Å². The zero-order chi connectivity index (χ0) is 15.9. The number of nitrogens with zero attached hydrogens (tertiary/aromatic N) is 4. The van der Waals surface area contributed by atoms with Crippen molar-refractivity contribution in [3.8, 4) is 0 Å². The Bertz CT molecular complexity index is 543. The highest BCUT2D eigenvalue weighted by Crippen LogP contribution is 2.38. The number of hydrogen-bond donors (Lipinski definition) is 1. The lowest BCUT2D eigenvalue weighted by atomic mass is 9.79. The highest BCUT2D eigenvalue weighted by atomic mass is 16.5. The number of fused-ring (bicyclic) bond motifs is 3. The second-order valence-corrected chi connectivity index (χ2v) is 7.61. The van der Waals surface area contributed by atoms with Crippen LogP contribution in [0.3, 0.4) is 0 Å². The van der Waals surface area contributed by atoms with Gasteiger partial charge in [-0.15, -0.1) is 0 Å². The van der Waals surface area contributed by atoms with Crippen LogP contribution in [-0.2, 0) is 0 Å². The summed E-state index contributed by atoms with van der Waals surface area (Å²) in [5, 5.41) is 13.3. The van der Waals surface area contributed by atoms with E-state index in [1.165, 1.54) is 4.90 Å². The van der Waals surface area contributed by atoms with Gasteiger partial charge in [0.15, 0.2) is 0 Å². The monoisotopic (exact) mass is 308 g/mol. The number of hydrogen-bond acceptors (Lipinski definition) is 5. The Kier molecular flexibility index (Phi) is 3.84. The van der Waals surface area contributed by atoms with Crippen LogP contribution in [0.15, 0.2) is 4.52 Å². The SMILES string of the molecule is CC(C)(C)CN(C(=O)O)c1noc(C2CN3CCC2CC3)n1. The topological polar surface area (TPSA) is 82.7 Å². The number of rotatable bonds is 3. The second-order valence-electron chi connectivity index (χ2n) is 7.61. The highest BCUT2D eigenvalue weighted by Gasteiger charge is 2.38. The summed E-state index contributed by atoms with van der Waals surface area (Å²) in [5.74, 6) is 1.58. The van der Waals surface area contributed by atoms with Crippen molar-refractivity contribution in [2.75, 3.05) is 31.1 Å². The Morgan fingerprint density at radius 2 is 2.09 bits per heavy atom. The first-order valence-corrected chi connectivity index (χ1v) is 7.90. The van der Waals surface area contributed by atoms with E-state index in [4.69, 9.17) is 4.52 Å². The van der Waals surface area contributed by atoms with E-state index < -0.39 is 6.09 Å². The molecule has 0 aromatic carbocycles. The molecule has 0 saturated carbocycles. The van der Waals surface area contributed by atoms with E-state index >= 15 is 0 Å². The molecular formula is C15H24N4O3. The van der Waals surface area contributed by atoms with Crippen molar-refractivity contribution >= 4 is 12.0 Å². The van der Waals surface area contributed by atoms with E-state index in [1.54, 1.807) is 0 Å². The summed E-state index contributed by atoms with van der Waals surface area (Å²) in [6.45, 7) is 9.52. The van der Waals surface area contributed by atoms with E-state index in [0.717, 1.165) is 32.5 Å².